The van der Waals surface area contributed by atoms with E-state index in [-0.39, 0.29) is 17.5 Å². The van der Waals surface area contributed by atoms with E-state index < -0.39 is 16.0 Å². The molecule has 0 saturated carbocycles. The lowest BCUT2D eigenvalue weighted by atomic mass is 10.0. The van der Waals surface area contributed by atoms with Crippen molar-refractivity contribution in [3.05, 3.63) is 101 Å². The van der Waals surface area contributed by atoms with Gasteiger partial charge in [-0.3, -0.25) is 0 Å². The highest BCUT2D eigenvalue weighted by Crippen LogP contribution is 2.32. The van der Waals surface area contributed by atoms with E-state index in [1.807, 2.05) is 19.1 Å². The number of carbonyl (C=O) groups is 1. The first-order valence-electron chi connectivity index (χ1n) is 9.86. The fourth-order valence-corrected chi connectivity index (χ4v) is 5.25. The highest BCUT2D eigenvalue weighted by Gasteiger charge is 2.31. The summed E-state index contributed by atoms with van der Waals surface area (Å²) >= 11 is 6.04. The Morgan fingerprint density at radius 2 is 1.58 bits per heavy atom. The molecule has 31 heavy (non-hydrogen) atoms. The molecule has 5 nitrogen and oxygen atoms in total. The average Bonchev–Trinajstić information content (AvgIpc) is 2.80. The fraction of sp³-hybridized carbons (Fsp3) is 0.208. The molecule has 0 heterocycles. The molecule has 0 amide bonds. The van der Waals surface area contributed by atoms with Gasteiger partial charge in [0.1, 0.15) is 0 Å². The highest BCUT2D eigenvalue weighted by molar-refractivity contribution is 7.89. The van der Waals surface area contributed by atoms with E-state index in [2.05, 4.69) is 0 Å². The lowest BCUT2D eigenvalue weighted by Gasteiger charge is -2.31. The summed E-state index contributed by atoms with van der Waals surface area (Å²) in [4.78, 5) is 11.9. The smallest absolute Gasteiger partial charge is 0.337 e. The lowest BCUT2D eigenvalue weighted by molar-refractivity contribution is 0.0600. The van der Waals surface area contributed by atoms with E-state index in [0.29, 0.717) is 17.0 Å². The molecule has 0 aliphatic heterocycles. The van der Waals surface area contributed by atoms with Gasteiger partial charge in [0.15, 0.2) is 0 Å². The predicted molar refractivity (Wildman–Crippen MR) is 121 cm³/mol. The maximum Gasteiger partial charge on any atom is 0.337 e. The van der Waals surface area contributed by atoms with Crippen molar-refractivity contribution in [3.8, 4) is 0 Å². The molecule has 0 bridgehead atoms. The number of rotatable bonds is 8. The van der Waals surface area contributed by atoms with Gasteiger partial charge in [-0.05, 0) is 53.9 Å². The van der Waals surface area contributed by atoms with Crippen molar-refractivity contribution in [2.75, 3.05) is 7.11 Å². The molecule has 0 aliphatic rings. The number of hydrogen-bond donors (Lipinski definition) is 0. The van der Waals surface area contributed by atoms with Gasteiger partial charge >= 0.3 is 5.97 Å². The van der Waals surface area contributed by atoms with Gasteiger partial charge < -0.3 is 4.74 Å². The zero-order chi connectivity index (χ0) is 22.4. The third-order valence-electron chi connectivity index (χ3n) is 5.05. The van der Waals surface area contributed by atoms with Crippen LogP contribution in [0.15, 0.2) is 83.8 Å². The fourth-order valence-electron chi connectivity index (χ4n) is 3.43. The standard InChI is InChI=1S/C24H24ClNO4S/c1-3-23(19-13-15-21(25)16-14-19)26(31(28,29)22-7-5-4-6-8-22)17-18-9-11-20(12-10-18)24(27)30-2/h4-16,23H,3,17H2,1-2H3. The van der Waals surface area contributed by atoms with E-state index in [0.717, 1.165) is 11.1 Å². The molecule has 7 heteroatoms. The number of methoxy groups -OCH3 is 1. The van der Waals surface area contributed by atoms with Crippen LogP contribution < -0.4 is 0 Å². The molecule has 0 radical (unpaired) electrons. The predicted octanol–water partition coefficient (Wildman–Crippen LogP) is 5.47. The van der Waals surface area contributed by atoms with E-state index >= 15 is 0 Å². The van der Waals surface area contributed by atoms with Crippen LogP contribution in [-0.2, 0) is 21.3 Å². The zero-order valence-corrected chi connectivity index (χ0v) is 18.9. The van der Waals surface area contributed by atoms with Crippen LogP contribution in [0, 0.1) is 0 Å². The molecule has 0 fully saturated rings. The summed E-state index contributed by atoms with van der Waals surface area (Å²) in [7, 11) is -2.47. The van der Waals surface area contributed by atoms with Crippen LogP contribution in [-0.4, -0.2) is 25.8 Å². The average molecular weight is 458 g/mol. The molecule has 0 aromatic heterocycles. The van der Waals surface area contributed by atoms with Gasteiger partial charge in [0, 0.05) is 11.6 Å². The van der Waals surface area contributed by atoms with Gasteiger partial charge in [-0.2, -0.15) is 4.31 Å². The number of esters is 1. The van der Waals surface area contributed by atoms with Crippen LogP contribution in [0.2, 0.25) is 5.02 Å². The summed E-state index contributed by atoms with van der Waals surface area (Å²) in [6.45, 7) is 2.10. The molecule has 0 aliphatic carbocycles. The minimum absolute atomic E-state index is 0.153. The van der Waals surface area contributed by atoms with Crippen LogP contribution in [0.5, 0.6) is 0 Å². The number of nitrogens with zero attached hydrogens (tertiary/aromatic N) is 1. The van der Waals surface area contributed by atoms with E-state index in [1.165, 1.54) is 11.4 Å². The molecule has 3 aromatic rings. The minimum atomic E-state index is -3.79. The van der Waals surface area contributed by atoms with Crippen LogP contribution in [0.4, 0.5) is 0 Å². The SMILES string of the molecule is CCC(c1ccc(Cl)cc1)N(Cc1ccc(C(=O)OC)cc1)S(=O)(=O)c1ccccc1. The first kappa shape index (κ1) is 23.0. The Bertz CT molecular complexity index is 1110. The van der Waals surface area contributed by atoms with Gasteiger partial charge in [-0.25, -0.2) is 13.2 Å². The largest absolute Gasteiger partial charge is 0.465 e. The van der Waals surface area contributed by atoms with Gasteiger partial charge in [-0.1, -0.05) is 61.0 Å². The van der Waals surface area contributed by atoms with Crippen LogP contribution in [0.1, 0.15) is 40.9 Å². The molecule has 162 valence electrons. The second kappa shape index (κ2) is 10.1. The molecule has 0 N–H and O–H groups in total. The number of sulfonamides is 1. The monoisotopic (exact) mass is 457 g/mol. The van der Waals surface area contributed by atoms with E-state index in [4.69, 9.17) is 16.3 Å². The summed E-state index contributed by atoms with van der Waals surface area (Å²) in [5, 5.41) is 0.592. The van der Waals surface area contributed by atoms with Crippen molar-refractivity contribution in [2.45, 2.75) is 30.8 Å². The number of ether oxygens (including phenoxy) is 1. The van der Waals surface area contributed by atoms with Crippen LogP contribution >= 0.6 is 11.6 Å². The maximum atomic E-state index is 13.6. The minimum Gasteiger partial charge on any atom is -0.465 e. The molecule has 3 rings (SSSR count). The first-order chi connectivity index (χ1) is 14.9. The van der Waals surface area contributed by atoms with Crippen molar-refractivity contribution in [1.82, 2.24) is 4.31 Å². The van der Waals surface area contributed by atoms with Crippen molar-refractivity contribution < 1.29 is 17.9 Å². The van der Waals surface area contributed by atoms with Crippen molar-refractivity contribution >= 4 is 27.6 Å². The molecule has 0 spiro atoms. The molecular weight excluding hydrogens is 434 g/mol. The molecule has 3 aromatic carbocycles. The molecular formula is C24H24ClNO4S. The van der Waals surface area contributed by atoms with Gasteiger partial charge in [0.25, 0.3) is 0 Å². The molecule has 0 saturated heterocycles. The summed E-state index contributed by atoms with van der Waals surface area (Å²) in [6, 6.07) is 22.0. The van der Waals surface area contributed by atoms with Crippen LogP contribution in [0.3, 0.4) is 0 Å². The number of benzene rings is 3. The quantitative estimate of drug-likeness (QED) is 0.421. The lowest BCUT2D eigenvalue weighted by Crippen LogP contribution is -2.34. The summed E-state index contributed by atoms with van der Waals surface area (Å²) in [5.41, 5.74) is 2.03. The van der Waals surface area contributed by atoms with Gasteiger partial charge in [-0.15, -0.1) is 0 Å². The van der Waals surface area contributed by atoms with Crippen molar-refractivity contribution in [2.24, 2.45) is 0 Å². The Hall–Kier alpha value is -2.67. The second-order valence-electron chi connectivity index (χ2n) is 7.03. The number of halogens is 1. The van der Waals surface area contributed by atoms with E-state index in [9.17, 15) is 13.2 Å². The van der Waals surface area contributed by atoms with Crippen molar-refractivity contribution in [1.29, 1.82) is 0 Å². The van der Waals surface area contributed by atoms with Gasteiger partial charge in [0.2, 0.25) is 10.0 Å². The van der Waals surface area contributed by atoms with Crippen LogP contribution in [0.25, 0.3) is 0 Å². The van der Waals surface area contributed by atoms with Crippen molar-refractivity contribution in [3.63, 3.8) is 0 Å². The van der Waals surface area contributed by atoms with Gasteiger partial charge in [0.05, 0.1) is 23.6 Å². The topological polar surface area (TPSA) is 63.7 Å². The Labute approximate surface area is 188 Å². The summed E-state index contributed by atoms with van der Waals surface area (Å²) < 4.78 is 33.5. The molecule has 1 atom stereocenters. The Balaban J connectivity index is 2.03. The normalized spacial score (nSPS) is 12.5. The Morgan fingerprint density at radius 1 is 0.968 bits per heavy atom. The zero-order valence-electron chi connectivity index (χ0n) is 17.4. The summed E-state index contributed by atoms with van der Waals surface area (Å²) in [5.74, 6) is -0.437. The first-order valence-corrected chi connectivity index (χ1v) is 11.7. The Kier molecular flexibility index (Phi) is 7.49. The number of carbonyl (C=O) groups excluding carboxylic acids is 1. The summed E-state index contributed by atoms with van der Waals surface area (Å²) in [6.07, 6.45) is 0.577. The highest BCUT2D eigenvalue weighted by atomic mass is 35.5. The second-order valence-corrected chi connectivity index (χ2v) is 9.35. The molecule has 1 unspecified atom stereocenters. The third kappa shape index (κ3) is 5.34. The number of hydrogen-bond acceptors (Lipinski definition) is 4. The van der Waals surface area contributed by atoms with E-state index in [1.54, 1.807) is 66.7 Å². The Morgan fingerprint density at radius 3 is 2.13 bits per heavy atom. The third-order valence-corrected chi connectivity index (χ3v) is 7.17. The maximum absolute atomic E-state index is 13.6.